The van der Waals surface area contributed by atoms with Gasteiger partial charge < -0.3 is 0 Å². The lowest BCUT2D eigenvalue weighted by Gasteiger charge is -2.07. The molecular weight excluding hydrogens is 384 g/mol. The molecule has 0 aliphatic heterocycles. The average Bonchev–Trinajstić information content (AvgIpc) is 2.83. The maximum atomic E-state index is 4.80. The zero-order chi connectivity index (χ0) is 21.2. The molecule has 31 heavy (non-hydrogen) atoms. The highest BCUT2D eigenvalue weighted by molar-refractivity contribution is 5.84. The Morgan fingerprint density at radius 3 is 2.29 bits per heavy atom. The van der Waals surface area contributed by atoms with Gasteiger partial charge in [0.25, 0.3) is 0 Å². The fourth-order valence-electron chi connectivity index (χ4n) is 3.45. The normalized spacial score (nSPS) is 11.4. The van der Waals surface area contributed by atoms with Crippen molar-refractivity contribution in [3.63, 3.8) is 0 Å². The maximum Gasteiger partial charge on any atom is 0.160 e. The summed E-state index contributed by atoms with van der Waals surface area (Å²) < 4.78 is 0. The van der Waals surface area contributed by atoms with Gasteiger partial charge >= 0.3 is 0 Å². The summed E-state index contributed by atoms with van der Waals surface area (Å²) in [6.45, 7) is 5.56. The van der Waals surface area contributed by atoms with E-state index in [4.69, 9.17) is 15.0 Å². The van der Waals surface area contributed by atoms with Crippen molar-refractivity contribution in [1.82, 2.24) is 24.9 Å². The summed E-state index contributed by atoms with van der Waals surface area (Å²) in [5.74, 6) is 0. The van der Waals surface area contributed by atoms with Crippen LogP contribution in [0.5, 0.6) is 0 Å². The lowest BCUT2D eigenvalue weighted by Crippen LogP contribution is -1.94. The van der Waals surface area contributed by atoms with Crippen LogP contribution in [0, 0.1) is 0 Å². The molecule has 6 nitrogen and oxygen atoms in total. The van der Waals surface area contributed by atoms with Crippen LogP contribution < -0.4 is 0 Å². The van der Waals surface area contributed by atoms with Crippen molar-refractivity contribution in [2.45, 2.75) is 6.92 Å². The Morgan fingerprint density at radius 2 is 1.48 bits per heavy atom. The van der Waals surface area contributed by atoms with Crippen LogP contribution in [0.1, 0.15) is 12.6 Å². The summed E-state index contributed by atoms with van der Waals surface area (Å²) in [6, 6.07) is 17.7. The van der Waals surface area contributed by atoms with E-state index >= 15 is 0 Å². The fraction of sp³-hybridized carbons (Fsp3) is 0.0400. The minimum Gasteiger partial charge on any atom is -0.262 e. The number of hydrogen-bond donors (Lipinski definition) is 0. The SMILES string of the molecule is C=Nc1ccc(-c2ccc3ccc(-c4ccc5nccnc5c4)nc3n2)nc1/C=C\C. The monoisotopic (exact) mass is 402 g/mol. The first-order valence-electron chi connectivity index (χ1n) is 9.85. The highest BCUT2D eigenvalue weighted by Crippen LogP contribution is 2.27. The van der Waals surface area contributed by atoms with Crippen LogP contribution in [-0.4, -0.2) is 31.6 Å². The van der Waals surface area contributed by atoms with Gasteiger partial charge in [-0.2, -0.15) is 0 Å². The van der Waals surface area contributed by atoms with Gasteiger partial charge in [0, 0.05) is 23.3 Å². The van der Waals surface area contributed by atoms with Crippen LogP contribution in [-0.2, 0) is 0 Å². The van der Waals surface area contributed by atoms with Gasteiger partial charge in [-0.15, -0.1) is 0 Å². The Balaban J connectivity index is 1.59. The maximum absolute atomic E-state index is 4.80. The number of aliphatic imine (C=N–C) groups is 1. The molecule has 0 radical (unpaired) electrons. The molecule has 0 saturated carbocycles. The van der Waals surface area contributed by atoms with Crippen molar-refractivity contribution in [3.8, 4) is 22.6 Å². The molecule has 6 heteroatoms. The molecule has 0 unspecified atom stereocenters. The molecule has 0 atom stereocenters. The molecule has 0 spiro atoms. The Kier molecular flexibility index (Phi) is 4.72. The van der Waals surface area contributed by atoms with Gasteiger partial charge in [-0.05, 0) is 68.2 Å². The zero-order valence-corrected chi connectivity index (χ0v) is 16.9. The van der Waals surface area contributed by atoms with Gasteiger partial charge in [0.05, 0.1) is 39.5 Å². The molecule has 0 amide bonds. The number of pyridine rings is 3. The standard InChI is InChI=1S/C25H18N6/c1-3-4-21-19(26-2)11-12-22(29-21)23-10-6-16-5-8-18(30-25(16)31-23)17-7-9-20-24(15-17)28-14-13-27-20/h3-15H,2H2,1H3/b4-3-. The van der Waals surface area contributed by atoms with E-state index in [-0.39, 0.29) is 0 Å². The van der Waals surface area contributed by atoms with Crippen LogP contribution in [0.3, 0.4) is 0 Å². The van der Waals surface area contributed by atoms with E-state index < -0.39 is 0 Å². The third kappa shape index (κ3) is 3.55. The molecule has 0 aliphatic carbocycles. The number of aromatic nitrogens is 5. The number of allylic oxidation sites excluding steroid dienone is 1. The predicted octanol–water partition coefficient (Wildman–Crippen LogP) is 5.67. The number of benzene rings is 1. The van der Waals surface area contributed by atoms with Crippen molar-refractivity contribution in [2.24, 2.45) is 4.99 Å². The number of nitrogens with zero attached hydrogens (tertiary/aromatic N) is 6. The molecule has 1 aromatic carbocycles. The summed E-state index contributed by atoms with van der Waals surface area (Å²) in [7, 11) is 0. The van der Waals surface area contributed by atoms with E-state index in [9.17, 15) is 0 Å². The third-order valence-corrected chi connectivity index (χ3v) is 4.98. The summed E-state index contributed by atoms with van der Waals surface area (Å²) in [5, 5.41) is 0.964. The van der Waals surface area contributed by atoms with E-state index in [2.05, 4.69) is 21.7 Å². The summed E-state index contributed by atoms with van der Waals surface area (Å²) >= 11 is 0. The second-order valence-corrected chi connectivity index (χ2v) is 6.96. The van der Waals surface area contributed by atoms with Crippen LogP contribution in [0.2, 0.25) is 0 Å². The fourth-order valence-corrected chi connectivity index (χ4v) is 3.45. The molecule has 0 fully saturated rings. The van der Waals surface area contributed by atoms with E-state index in [0.717, 1.165) is 50.4 Å². The van der Waals surface area contributed by atoms with Crippen molar-refractivity contribution in [3.05, 3.63) is 78.8 Å². The van der Waals surface area contributed by atoms with Gasteiger partial charge in [-0.1, -0.05) is 12.1 Å². The number of rotatable bonds is 4. The molecule has 0 bridgehead atoms. The van der Waals surface area contributed by atoms with Gasteiger partial charge in [-0.3, -0.25) is 15.0 Å². The Hall–Kier alpha value is -4.32. The molecule has 0 aliphatic rings. The van der Waals surface area contributed by atoms with Gasteiger partial charge in [0.2, 0.25) is 0 Å². The lowest BCUT2D eigenvalue weighted by atomic mass is 10.1. The van der Waals surface area contributed by atoms with Gasteiger partial charge in [0.1, 0.15) is 0 Å². The summed E-state index contributed by atoms with van der Waals surface area (Å²) in [6.07, 6.45) is 7.22. The molecule has 0 N–H and O–H groups in total. The smallest absolute Gasteiger partial charge is 0.160 e. The molecule has 0 saturated heterocycles. The van der Waals surface area contributed by atoms with Gasteiger partial charge in [-0.25, -0.2) is 15.0 Å². The van der Waals surface area contributed by atoms with E-state index in [1.54, 1.807) is 12.4 Å². The highest BCUT2D eigenvalue weighted by atomic mass is 14.9. The molecule has 148 valence electrons. The van der Waals surface area contributed by atoms with Crippen LogP contribution in [0.4, 0.5) is 5.69 Å². The average molecular weight is 402 g/mol. The van der Waals surface area contributed by atoms with Crippen molar-refractivity contribution in [1.29, 1.82) is 0 Å². The van der Waals surface area contributed by atoms with Crippen LogP contribution in [0.15, 0.2) is 78.1 Å². The lowest BCUT2D eigenvalue weighted by molar-refractivity contribution is 1.22. The first kappa shape index (κ1) is 18.7. The van der Waals surface area contributed by atoms with Crippen molar-refractivity contribution < 1.29 is 0 Å². The Morgan fingerprint density at radius 1 is 0.774 bits per heavy atom. The van der Waals surface area contributed by atoms with Crippen LogP contribution in [0.25, 0.3) is 50.8 Å². The topological polar surface area (TPSA) is 76.8 Å². The Bertz CT molecular complexity index is 1470. The molecule has 5 aromatic rings. The molecule has 5 rings (SSSR count). The highest BCUT2D eigenvalue weighted by Gasteiger charge is 2.09. The second kappa shape index (κ2) is 7.84. The number of hydrogen-bond acceptors (Lipinski definition) is 6. The van der Waals surface area contributed by atoms with E-state index in [1.165, 1.54) is 0 Å². The Labute approximate surface area is 179 Å². The first-order chi connectivity index (χ1) is 15.2. The second-order valence-electron chi connectivity index (χ2n) is 6.96. The molecular formula is C25H18N6. The summed E-state index contributed by atoms with van der Waals surface area (Å²) in [5.41, 5.74) is 7.16. The quantitative estimate of drug-likeness (QED) is 0.362. The third-order valence-electron chi connectivity index (χ3n) is 4.98. The minimum atomic E-state index is 0.662. The predicted molar refractivity (Wildman–Crippen MR) is 125 cm³/mol. The van der Waals surface area contributed by atoms with E-state index in [0.29, 0.717) is 5.65 Å². The number of fused-ring (bicyclic) bond motifs is 2. The largest absolute Gasteiger partial charge is 0.262 e. The first-order valence-corrected chi connectivity index (χ1v) is 9.85. The molecule has 4 heterocycles. The summed E-state index contributed by atoms with van der Waals surface area (Å²) in [4.78, 5) is 27.0. The minimum absolute atomic E-state index is 0.662. The van der Waals surface area contributed by atoms with Crippen molar-refractivity contribution in [2.75, 3.05) is 0 Å². The van der Waals surface area contributed by atoms with Crippen LogP contribution >= 0.6 is 0 Å². The van der Waals surface area contributed by atoms with Crippen molar-refractivity contribution >= 4 is 40.5 Å². The molecule has 4 aromatic heterocycles. The zero-order valence-electron chi connectivity index (χ0n) is 16.9. The van der Waals surface area contributed by atoms with Gasteiger partial charge in [0.15, 0.2) is 5.65 Å². The van der Waals surface area contributed by atoms with E-state index in [1.807, 2.05) is 73.7 Å².